The van der Waals surface area contributed by atoms with Crippen molar-refractivity contribution in [2.45, 2.75) is 6.54 Å². The number of benzene rings is 2. The van der Waals surface area contributed by atoms with Crippen molar-refractivity contribution in [1.82, 2.24) is 10.3 Å². The molecule has 0 aliphatic rings. The molecule has 3 aromatic rings. The topological polar surface area (TPSA) is 54.0 Å². The zero-order valence-electron chi connectivity index (χ0n) is 13.2. The molecule has 1 heterocycles. The Hall–Kier alpha value is -2.56. The highest BCUT2D eigenvalue weighted by Crippen LogP contribution is 2.19. The molecule has 1 aromatic heterocycles. The molecule has 0 aliphatic carbocycles. The Morgan fingerprint density at radius 1 is 0.880 bits per heavy atom. The third kappa shape index (κ3) is 4.95. The predicted molar refractivity (Wildman–Crippen MR) is 102 cm³/mol. The van der Waals surface area contributed by atoms with Crippen LogP contribution in [-0.4, -0.2) is 10.9 Å². The molecule has 2 N–H and O–H groups in total. The van der Waals surface area contributed by atoms with Gasteiger partial charge in [0.15, 0.2) is 0 Å². The van der Waals surface area contributed by atoms with Crippen molar-refractivity contribution < 1.29 is 4.79 Å². The second-order valence-corrected chi connectivity index (χ2v) is 6.28. The summed E-state index contributed by atoms with van der Waals surface area (Å²) in [7, 11) is 0. The molecule has 0 saturated heterocycles. The van der Waals surface area contributed by atoms with Crippen molar-refractivity contribution in [2.24, 2.45) is 0 Å². The number of amides is 1. The van der Waals surface area contributed by atoms with Crippen molar-refractivity contribution >= 4 is 40.5 Å². The molecule has 0 atom stereocenters. The van der Waals surface area contributed by atoms with E-state index in [1.807, 2.05) is 24.3 Å². The quantitative estimate of drug-likeness (QED) is 0.658. The van der Waals surface area contributed by atoms with Crippen LogP contribution < -0.4 is 10.6 Å². The number of nitrogens with one attached hydrogen (secondary N) is 2. The van der Waals surface area contributed by atoms with E-state index in [1.165, 1.54) is 6.20 Å². The lowest BCUT2D eigenvalue weighted by atomic mass is 10.2. The van der Waals surface area contributed by atoms with Gasteiger partial charge >= 0.3 is 0 Å². The fraction of sp³-hybridized carbons (Fsp3) is 0.0526. The summed E-state index contributed by atoms with van der Waals surface area (Å²) >= 11 is 11.7. The van der Waals surface area contributed by atoms with E-state index in [0.29, 0.717) is 22.2 Å². The van der Waals surface area contributed by atoms with E-state index in [-0.39, 0.29) is 5.91 Å². The van der Waals surface area contributed by atoms with Crippen LogP contribution >= 0.6 is 23.2 Å². The van der Waals surface area contributed by atoms with Gasteiger partial charge in [-0.2, -0.15) is 0 Å². The molecular formula is C19H15Cl2N3O. The minimum Gasteiger partial charge on any atom is -0.354 e. The lowest BCUT2D eigenvalue weighted by molar-refractivity contribution is 0.0950. The van der Waals surface area contributed by atoms with Crippen molar-refractivity contribution in [3.8, 4) is 0 Å². The van der Waals surface area contributed by atoms with Gasteiger partial charge in [0, 0.05) is 28.5 Å². The van der Waals surface area contributed by atoms with Crippen LogP contribution in [0.25, 0.3) is 0 Å². The van der Waals surface area contributed by atoms with Crippen molar-refractivity contribution in [2.75, 3.05) is 5.32 Å². The van der Waals surface area contributed by atoms with E-state index >= 15 is 0 Å². The van der Waals surface area contributed by atoms with E-state index in [2.05, 4.69) is 15.6 Å². The van der Waals surface area contributed by atoms with Crippen LogP contribution in [-0.2, 0) is 6.54 Å². The predicted octanol–water partition coefficient (Wildman–Crippen LogP) is 5.06. The maximum atomic E-state index is 12.3. The first-order valence-electron chi connectivity index (χ1n) is 7.60. The smallest absolute Gasteiger partial charge is 0.253 e. The second kappa shape index (κ2) is 8.01. The Balaban J connectivity index is 1.64. The van der Waals surface area contributed by atoms with Crippen LogP contribution in [0.5, 0.6) is 0 Å². The summed E-state index contributed by atoms with van der Waals surface area (Å²) in [6.07, 6.45) is 3.19. The van der Waals surface area contributed by atoms with Crippen LogP contribution in [0.4, 0.5) is 11.4 Å². The number of aromatic nitrogens is 1. The van der Waals surface area contributed by atoms with Crippen LogP contribution in [0.1, 0.15) is 15.9 Å². The van der Waals surface area contributed by atoms with Gasteiger partial charge in [-0.3, -0.25) is 9.78 Å². The first-order valence-corrected chi connectivity index (χ1v) is 8.36. The van der Waals surface area contributed by atoms with E-state index in [4.69, 9.17) is 23.2 Å². The molecule has 0 bridgehead atoms. The molecule has 0 aliphatic heterocycles. The maximum Gasteiger partial charge on any atom is 0.253 e. The number of carbonyl (C=O) groups is 1. The van der Waals surface area contributed by atoms with Gasteiger partial charge < -0.3 is 10.6 Å². The third-order valence-electron chi connectivity index (χ3n) is 3.50. The van der Waals surface area contributed by atoms with E-state index in [1.54, 1.807) is 36.5 Å². The molecule has 1 amide bonds. The number of halogens is 2. The summed E-state index contributed by atoms with van der Waals surface area (Å²) in [6.45, 7) is 0.421. The largest absolute Gasteiger partial charge is 0.354 e. The number of anilines is 2. The lowest BCUT2D eigenvalue weighted by Crippen LogP contribution is -2.23. The zero-order valence-corrected chi connectivity index (χ0v) is 14.7. The molecule has 2 aromatic carbocycles. The third-order valence-corrected chi connectivity index (χ3v) is 4.00. The zero-order chi connectivity index (χ0) is 17.6. The van der Waals surface area contributed by atoms with E-state index < -0.39 is 0 Å². The summed E-state index contributed by atoms with van der Waals surface area (Å²) in [5.41, 5.74) is 3.04. The summed E-state index contributed by atoms with van der Waals surface area (Å²) in [5.74, 6) is -0.192. The van der Waals surface area contributed by atoms with Crippen LogP contribution in [0.2, 0.25) is 10.0 Å². The normalized spacial score (nSPS) is 10.3. The SMILES string of the molecule is O=C(NCc1ccc(Cl)cc1)c1cncc(Nc2ccc(Cl)cc2)c1. The number of pyridine rings is 1. The van der Waals surface area contributed by atoms with E-state index in [9.17, 15) is 4.79 Å². The molecule has 0 saturated carbocycles. The van der Waals surface area contributed by atoms with Gasteiger partial charge in [-0.05, 0) is 48.0 Å². The number of carbonyl (C=O) groups excluding carboxylic acids is 1. The Morgan fingerprint density at radius 2 is 1.52 bits per heavy atom. The van der Waals surface area contributed by atoms with Crippen molar-refractivity contribution in [1.29, 1.82) is 0 Å². The average Bonchev–Trinajstić information content (AvgIpc) is 2.63. The Labute approximate surface area is 155 Å². The van der Waals surface area contributed by atoms with Gasteiger partial charge in [0.05, 0.1) is 17.4 Å². The second-order valence-electron chi connectivity index (χ2n) is 5.40. The molecule has 0 radical (unpaired) electrons. The number of nitrogens with zero attached hydrogens (tertiary/aromatic N) is 1. The van der Waals surface area contributed by atoms with E-state index in [0.717, 1.165) is 16.9 Å². The Bertz CT molecular complexity index is 865. The number of hydrogen-bond donors (Lipinski definition) is 2. The molecule has 0 unspecified atom stereocenters. The summed E-state index contributed by atoms with van der Waals surface area (Å²) in [5, 5.41) is 7.39. The molecule has 126 valence electrons. The van der Waals surface area contributed by atoms with Gasteiger partial charge in [0.2, 0.25) is 0 Å². The highest BCUT2D eigenvalue weighted by atomic mass is 35.5. The average molecular weight is 372 g/mol. The highest BCUT2D eigenvalue weighted by molar-refractivity contribution is 6.30. The Morgan fingerprint density at radius 3 is 2.20 bits per heavy atom. The van der Waals surface area contributed by atoms with Crippen molar-refractivity contribution in [3.63, 3.8) is 0 Å². The fourth-order valence-corrected chi connectivity index (χ4v) is 2.47. The fourth-order valence-electron chi connectivity index (χ4n) is 2.22. The minimum atomic E-state index is -0.192. The molecule has 0 fully saturated rings. The summed E-state index contributed by atoms with van der Waals surface area (Å²) in [6, 6.07) is 16.4. The number of rotatable bonds is 5. The van der Waals surface area contributed by atoms with Crippen LogP contribution in [0.15, 0.2) is 67.0 Å². The summed E-state index contributed by atoms with van der Waals surface area (Å²) in [4.78, 5) is 16.4. The standard InChI is InChI=1S/C19H15Cl2N3O/c20-15-3-1-13(2-4-15)10-23-19(25)14-9-18(12-22-11-14)24-17-7-5-16(21)6-8-17/h1-9,11-12,24H,10H2,(H,23,25). The highest BCUT2D eigenvalue weighted by Gasteiger charge is 2.07. The van der Waals surface area contributed by atoms with Gasteiger partial charge in [-0.25, -0.2) is 0 Å². The minimum absolute atomic E-state index is 0.192. The number of hydrogen-bond acceptors (Lipinski definition) is 3. The monoisotopic (exact) mass is 371 g/mol. The van der Waals surface area contributed by atoms with Gasteiger partial charge in [0.25, 0.3) is 5.91 Å². The molecule has 3 rings (SSSR count). The molecule has 0 spiro atoms. The molecule has 6 heteroatoms. The van der Waals surface area contributed by atoms with Gasteiger partial charge in [-0.1, -0.05) is 35.3 Å². The van der Waals surface area contributed by atoms with Gasteiger partial charge in [0.1, 0.15) is 0 Å². The maximum absolute atomic E-state index is 12.3. The van der Waals surface area contributed by atoms with Crippen molar-refractivity contribution in [3.05, 3.63) is 88.2 Å². The van der Waals surface area contributed by atoms with Gasteiger partial charge in [-0.15, -0.1) is 0 Å². The van der Waals surface area contributed by atoms with Crippen LogP contribution in [0, 0.1) is 0 Å². The molecule has 25 heavy (non-hydrogen) atoms. The molecule has 4 nitrogen and oxygen atoms in total. The molecular weight excluding hydrogens is 357 g/mol. The summed E-state index contributed by atoms with van der Waals surface area (Å²) < 4.78 is 0. The first kappa shape index (κ1) is 17.3. The lowest BCUT2D eigenvalue weighted by Gasteiger charge is -2.09. The first-order chi connectivity index (χ1) is 12.1. The van der Waals surface area contributed by atoms with Crippen LogP contribution in [0.3, 0.4) is 0 Å². The Kier molecular flexibility index (Phi) is 5.53.